The monoisotopic (exact) mass is 252 g/mol. The van der Waals surface area contributed by atoms with Crippen molar-refractivity contribution < 1.29 is 10.0 Å². The van der Waals surface area contributed by atoms with E-state index in [9.17, 15) is 9.59 Å². The number of nitrogens with two attached hydrogens (primary N) is 1. The number of nitrogens with one attached hydrogen (secondary N) is 1. The summed E-state index contributed by atoms with van der Waals surface area (Å²) in [6.07, 6.45) is 1.53. The maximum Gasteiger partial charge on any atom is 0.300 e. The summed E-state index contributed by atoms with van der Waals surface area (Å²) >= 11 is 0. The van der Waals surface area contributed by atoms with E-state index in [1.165, 1.54) is 15.5 Å². The van der Waals surface area contributed by atoms with E-state index in [1.54, 1.807) is 7.05 Å². The number of imidazole rings is 1. The number of anilines is 1. The second kappa shape index (κ2) is 4.45. The molecular formula is C9H12N6O3. The third-order valence-corrected chi connectivity index (χ3v) is 2.56. The van der Waals surface area contributed by atoms with E-state index in [4.69, 9.17) is 10.9 Å². The standard InChI is InChI=1S/C9H12N6O3/c1-14-7-6(8(17)12-9(14)13-18)15(4-11-7)3-2-5(10)16/h4,18H,2-3H2,1H3,(H2,10,16)(H,12,13,17). The molecule has 9 nitrogen and oxygen atoms in total. The predicted octanol–water partition coefficient (Wildman–Crippen LogP) is -1.19. The summed E-state index contributed by atoms with van der Waals surface area (Å²) < 4.78 is 2.94. The van der Waals surface area contributed by atoms with Gasteiger partial charge in [0.15, 0.2) is 11.2 Å². The minimum atomic E-state index is -0.540. The van der Waals surface area contributed by atoms with Crippen LogP contribution in [-0.2, 0) is 18.4 Å². The lowest BCUT2D eigenvalue weighted by Gasteiger charge is -2.06. The molecule has 0 radical (unpaired) electrons. The van der Waals surface area contributed by atoms with Gasteiger partial charge in [-0.25, -0.2) is 10.5 Å². The average Bonchev–Trinajstić information content (AvgIpc) is 2.75. The van der Waals surface area contributed by atoms with Gasteiger partial charge in [0.25, 0.3) is 0 Å². The van der Waals surface area contributed by atoms with Crippen LogP contribution in [0.1, 0.15) is 6.42 Å². The Morgan fingerprint density at radius 2 is 2.33 bits per heavy atom. The zero-order valence-electron chi connectivity index (χ0n) is 9.62. The van der Waals surface area contributed by atoms with Crippen LogP contribution in [0.25, 0.3) is 11.2 Å². The minimum Gasteiger partial charge on any atom is -0.370 e. The molecular weight excluding hydrogens is 240 g/mol. The normalized spacial score (nSPS) is 10.8. The highest BCUT2D eigenvalue weighted by Gasteiger charge is 2.13. The van der Waals surface area contributed by atoms with E-state index >= 15 is 0 Å². The van der Waals surface area contributed by atoms with Crippen molar-refractivity contribution >= 4 is 23.0 Å². The number of rotatable bonds is 4. The van der Waals surface area contributed by atoms with Crippen LogP contribution in [0.5, 0.6) is 0 Å². The van der Waals surface area contributed by atoms with Crippen LogP contribution >= 0.6 is 0 Å². The number of aromatic nitrogens is 4. The molecule has 0 atom stereocenters. The molecule has 2 aromatic rings. The molecule has 0 bridgehead atoms. The molecule has 0 saturated carbocycles. The molecule has 2 aromatic heterocycles. The van der Waals surface area contributed by atoms with Gasteiger partial charge in [0.2, 0.25) is 11.9 Å². The van der Waals surface area contributed by atoms with Crippen LogP contribution in [-0.4, -0.2) is 30.2 Å². The summed E-state index contributed by atoms with van der Waals surface area (Å²) in [7, 11) is 1.60. The quantitative estimate of drug-likeness (QED) is 0.587. The lowest BCUT2D eigenvalue weighted by Crippen LogP contribution is -2.19. The number of carbonyl (C=O) groups is 1. The number of primary amides is 1. The van der Waals surface area contributed by atoms with Gasteiger partial charge in [0.1, 0.15) is 0 Å². The Kier molecular flexibility index (Phi) is 2.98. The van der Waals surface area contributed by atoms with Crippen molar-refractivity contribution in [1.82, 2.24) is 19.1 Å². The van der Waals surface area contributed by atoms with E-state index < -0.39 is 11.5 Å². The van der Waals surface area contributed by atoms with Gasteiger partial charge in [-0.15, -0.1) is 0 Å². The zero-order valence-corrected chi connectivity index (χ0v) is 9.62. The third kappa shape index (κ3) is 1.91. The summed E-state index contributed by atoms with van der Waals surface area (Å²) in [5, 5.41) is 8.82. The fraction of sp³-hybridized carbons (Fsp3) is 0.333. The molecule has 96 valence electrons. The second-order valence-electron chi connectivity index (χ2n) is 3.74. The summed E-state index contributed by atoms with van der Waals surface area (Å²) in [5.74, 6) is -0.470. The highest BCUT2D eigenvalue weighted by atomic mass is 16.5. The van der Waals surface area contributed by atoms with Gasteiger partial charge in [0, 0.05) is 20.0 Å². The molecule has 0 spiro atoms. The van der Waals surface area contributed by atoms with Gasteiger partial charge < -0.3 is 10.3 Å². The molecule has 0 saturated heterocycles. The predicted molar refractivity (Wildman–Crippen MR) is 62.0 cm³/mol. The number of fused-ring (bicyclic) bond motifs is 1. The molecule has 9 heteroatoms. The number of aryl methyl sites for hydroxylation is 2. The van der Waals surface area contributed by atoms with Crippen LogP contribution in [0, 0.1) is 0 Å². The highest BCUT2D eigenvalue weighted by molar-refractivity contribution is 5.75. The maximum atomic E-state index is 11.8. The van der Waals surface area contributed by atoms with Gasteiger partial charge in [0.05, 0.1) is 6.33 Å². The second-order valence-corrected chi connectivity index (χ2v) is 3.74. The van der Waals surface area contributed by atoms with Crippen LogP contribution in [0.4, 0.5) is 5.95 Å². The van der Waals surface area contributed by atoms with Crippen LogP contribution in [0.3, 0.4) is 0 Å². The van der Waals surface area contributed by atoms with Crippen LogP contribution < -0.4 is 16.8 Å². The first-order chi connectivity index (χ1) is 8.54. The Morgan fingerprint density at radius 1 is 1.61 bits per heavy atom. The number of amides is 1. The Balaban J connectivity index is 2.56. The van der Waals surface area contributed by atoms with Crippen molar-refractivity contribution in [2.75, 3.05) is 5.48 Å². The van der Waals surface area contributed by atoms with E-state index in [2.05, 4.69) is 9.97 Å². The number of hydrogen-bond acceptors (Lipinski definition) is 6. The molecule has 1 amide bonds. The highest BCUT2D eigenvalue weighted by Crippen LogP contribution is 2.11. The summed E-state index contributed by atoms with van der Waals surface area (Å²) in [4.78, 5) is 30.2. The van der Waals surface area contributed by atoms with Gasteiger partial charge in [-0.3, -0.25) is 19.4 Å². The molecule has 18 heavy (non-hydrogen) atoms. The van der Waals surface area contributed by atoms with Gasteiger partial charge in [-0.2, -0.15) is 4.98 Å². The molecule has 0 aliphatic carbocycles. The average molecular weight is 252 g/mol. The lowest BCUT2D eigenvalue weighted by atomic mass is 10.4. The molecule has 2 rings (SSSR count). The largest absolute Gasteiger partial charge is 0.370 e. The van der Waals surface area contributed by atoms with Crippen molar-refractivity contribution in [1.29, 1.82) is 0 Å². The molecule has 0 unspecified atom stereocenters. The van der Waals surface area contributed by atoms with E-state index in [0.29, 0.717) is 5.65 Å². The third-order valence-electron chi connectivity index (χ3n) is 2.56. The zero-order chi connectivity index (χ0) is 13.3. The SMILES string of the molecule is Cn1c(NO)nc(=O)c2c1ncn2CCC(N)=O. The Morgan fingerprint density at radius 3 is 2.94 bits per heavy atom. The molecule has 0 aliphatic rings. The summed E-state index contributed by atoms with van der Waals surface area (Å²) in [6.45, 7) is 0.259. The molecule has 0 fully saturated rings. The smallest absolute Gasteiger partial charge is 0.300 e. The minimum absolute atomic E-state index is 0.00680. The van der Waals surface area contributed by atoms with Crippen molar-refractivity contribution in [2.24, 2.45) is 12.8 Å². The van der Waals surface area contributed by atoms with E-state index in [0.717, 1.165) is 0 Å². The lowest BCUT2D eigenvalue weighted by molar-refractivity contribution is -0.118. The molecule has 0 aromatic carbocycles. The van der Waals surface area contributed by atoms with Crippen molar-refractivity contribution in [3.8, 4) is 0 Å². The summed E-state index contributed by atoms with van der Waals surface area (Å²) in [5.41, 5.74) is 6.95. The fourth-order valence-corrected chi connectivity index (χ4v) is 1.66. The first-order valence-electron chi connectivity index (χ1n) is 5.15. The van der Waals surface area contributed by atoms with Gasteiger partial charge in [-0.1, -0.05) is 0 Å². The maximum absolute atomic E-state index is 11.8. The fourth-order valence-electron chi connectivity index (χ4n) is 1.66. The van der Waals surface area contributed by atoms with Gasteiger partial charge >= 0.3 is 5.56 Å². The Bertz CT molecular complexity index is 658. The van der Waals surface area contributed by atoms with Crippen molar-refractivity contribution in [2.45, 2.75) is 13.0 Å². The van der Waals surface area contributed by atoms with Gasteiger partial charge in [-0.05, 0) is 0 Å². The topological polar surface area (TPSA) is 128 Å². The number of carbonyl (C=O) groups excluding carboxylic acids is 1. The first-order valence-corrected chi connectivity index (χ1v) is 5.15. The molecule has 0 aliphatic heterocycles. The molecule has 2 heterocycles. The Hall–Kier alpha value is -2.42. The van der Waals surface area contributed by atoms with E-state index in [1.807, 2.05) is 5.48 Å². The number of nitrogens with zero attached hydrogens (tertiary/aromatic N) is 4. The Labute approximate surface area is 101 Å². The van der Waals surface area contributed by atoms with Crippen LogP contribution in [0.2, 0.25) is 0 Å². The van der Waals surface area contributed by atoms with Crippen molar-refractivity contribution in [3.05, 3.63) is 16.7 Å². The first kappa shape index (κ1) is 12.0. The molecule has 4 N–H and O–H groups in total. The van der Waals surface area contributed by atoms with E-state index in [-0.39, 0.29) is 24.4 Å². The summed E-state index contributed by atoms with van der Waals surface area (Å²) in [6, 6.07) is 0. The number of hydrogen-bond donors (Lipinski definition) is 3. The van der Waals surface area contributed by atoms with Crippen LogP contribution in [0.15, 0.2) is 11.1 Å². The van der Waals surface area contributed by atoms with Crippen molar-refractivity contribution in [3.63, 3.8) is 0 Å².